The van der Waals surface area contributed by atoms with E-state index in [1.165, 1.54) is 0 Å². The van der Waals surface area contributed by atoms with Crippen LogP contribution in [0.15, 0.2) is 42.6 Å². The molecule has 1 N–H and O–H groups in total. The lowest BCUT2D eigenvalue weighted by Gasteiger charge is -2.25. The van der Waals surface area contributed by atoms with Gasteiger partial charge in [0.1, 0.15) is 17.3 Å². The van der Waals surface area contributed by atoms with E-state index in [4.69, 9.17) is 10.1 Å². The van der Waals surface area contributed by atoms with Crippen molar-refractivity contribution < 1.29 is 14.3 Å². The fraction of sp³-hybridized carbons (Fsp3) is 0.333. The second kappa shape index (κ2) is 7.94. The summed E-state index contributed by atoms with van der Waals surface area (Å²) in [6.45, 7) is 8.76. The molecule has 0 spiro atoms. The van der Waals surface area contributed by atoms with E-state index < -0.39 is 0 Å². The largest absolute Gasteiger partial charge is 0.483 e. The van der Waals surface area contributed by atoms with Gasteiger partial charge in [-0.2, -0.15) is 0 Å². The van der Waals surface area contributed by atoms with Gasteiger partial charge in [0.15, 0.2) is 12.4 Å². The number of ether oxygens (including phenoxy) is 1. The highest BCUT2D eigenvalue weighted by atomic mass is 16.5. The molecule has 34 heavy (non-hydrogen) atoms. The van der Waals surface area contributed by atoms with Crippen molar-refractivity contribution in [3.05, 3.63) is 76.4 Å². The topological polar surface area (TPSA) is 88.3 Å². The number of aromatic nitrogens is 2. The quantitative estimate of drug-likeness (QED) is 0.591. The highest BCUT2D eigenvalue weighted by Gasteiger charge is 2.31. The number of hydrogen-bond acceptors (Lipinski definition) is 5. The number of nitrogens with one attached hydrogen (secondary N) is 1. The van der Waals surface area contributed by atoms with Crippen molar-refractivity contribution in [2.24, 2.45) is 0 Å². The van der Waals surface area contributed by atoms with Crippen molar-refractivity contribution in [1.29, 1.82) is 5.41 Å². The maximum absolute atomic E-state index is 13.5. The third-order valence-corrected chi connectivity index (χ3v) is 6.48. The van der Waals surface area contributed by atoms with Gasteiger partial charge in [0.05, 0.1) is 17.9 Å². The Balaban J connectivity index is 1.52. The van der Waals surface area contributed by atoms with Gasteiger partial charge in [-0.15, -0.1) is 0 Å². The van der Waals surface area contributed by atoms with Gasteiger partial charge in [0.25, 0.3) is 0 Å². The number of hydrogen-bond donors (Lipinski definition) is 1. The van der Waals surface area contributed by atoms with Gasteiger partial charge in [-0.3, -0.25) is 15.0 Å². The Labute approximate surface area is 198 Å². The summed E-state index contributed by atoms with van der Waals surface area (Å²) in [5.41, 5.74) is 4.90. The first kappa shape index (κ1) is 22.1. The lowest BCUT2D eigenvalue weighted by Crippen LogP contribution is -2.31. The highest BCUT2D eigenvalue weighted by molar-refractivity contribution is 6.05. The fourth-order valence-corrected chi connectivity index (χ4v) is 4.58. The SMILES string of the molecule is CCc1ccc2c(n1)C(=N)N(CC(=O)c1cc3c(c(C(C)(C)C)c1)OCC(=O)c1cccn1-3)C2. The first-order valence-electron chi connectivity index (χ1n) is 11.6. The van der Waals surface area contributed by atoms with Gasteiger partial charge in [-0.25, -0.2) is 4.98 Å². The molecule has 0 radical (unpaired) electrons. The lowest BCUT2D eigenvalue weighted by atomic mass is 9.84. The van der Waals surface area contributed by atoms with Crippen LogP contribution in [0.4, 0.5) is 0 Å². The van der Waals surface area contributed by atoms with Crippen molar-refractivity contribution in [3.8, 4) is 11.4 Å². The van der Waals surface area contributed by atoms with Crippen LogP contribution in [0.2, 0.25) is 0 Å². The Kier molecular flexibility index (Phi) is 5.15. The van der Waals surface area contributed by atoms with Crippen molar-refractivity contribution >= 4 is 17.4 Å². The fourth-order valence-electron chi connectivity index (χ4n) is 4.58. The summed E-state index contributed by atoms with van der Waals surface area (Å²) in [5.74, 6) is 0.720. The average molecular weight is 457 g/mol. The van der Waals surface area contributed by atoms with Crippen LogP contribution in [0.1, 0.15) is 71.1 Å². The number of pyridine rings is 1. The summed E-state index contributed by atoms with van der Waals surface area (Å²) in [7, 11) is 0. The molecule has 2 aliphatic heterocycles. The number of amidine groups is 1. The maximum Gasteiger partial charge on any atom is 0.216 e. The summed E-state index contributed by atoms with van der Waals surface area (Å²) < 4.78 is 7.78. The smallest absolute Gasteiger partial charge is 0.216 e. The van der Waals surface area contributed by atoms with Gasteiger partial charge in [-0.05, 0) is 42.2 Å². The number of carbonyl (C=O) groups excluding carboxylic acids is 2. The predicted molar refractivity (Wildman–Crippen MR) is 129 cm³/mol. The van der Waals surface area contributed by atoms with Crippen molar-refractivity contribution in [1.82, 2.24) is 14.5 Å². The number of benzene rings is 1. The van der Waals surface area contributed by atoms with Crippen LogP contribution in [-0.4, -0.2) is 45.0 Å². The van der Waals surface area contributed by atoms with Crippen LogP contribution in [0, 0.1) is 5.41 Å². The molecule has 0 saturated carbocycles. The average Bonchev–Trinajstić information content (AvgIpc) is 3.38. The van der Waals surface area contributed by atoms with Gasteiger partial charge in [0, 0.05) is 35.1 Å². The first-order valence-corrected chi connectivity index (χ1v) is 11.6. The number of rotatable bonds is 4. The third kappa shape index (κ3) is 3.61. The minimum absolute atomic E-state index is 0.0384. The predicted octanol–water partition coefficient (Wildman–Crippen LogP) is 4.33. The molecule has 2 aromatic heterocycles. The Hall–Kier alpha value is -3.74. The van der Waals surface area contributed by atoms with E-state index in [2.05, 4.69) is 25.8 Å². The van der Waals surface area contributed by atoms with E-state index in [9.17, 15) is 9.59 Å². The van der Waals surface area contributed by atoms with Crippen LogP contribution >= 0.6 is 0 Å². The molecule has 1 aromatic carbocycles. The van der Waals surface area contributed by atoms with Crippen molar-refractivity contribution in [2.45, 2.75) is 46.1 Å². The maximum atomic E-state index is 13.5. The van der Waals surface area contributed by atoms with E-state index in [1.807, 2.05) is 37.4 Å². The Morgan fingerprint density at radius 1 is 1.21 bits per heavy atom. The van der Waals surface area contributed by atoms with Gasteiger partial charge in [0.2, 0.25) is 5.78 Å². The number of fused-ring (bicyclic) bond motifs is 4. The summed E-state index contributed by atoms with van der Waals surface area (Å²) in [6, 6.07) is 11.3. The molecule has 7 nitrogen and oxygen atoms in total. The van der Waals surface area contributed by atoms with E-state index in [0.717, 1.165) is 23.2 Å². The minimum Gasteiger partial charge on any atom is -0.483 e. The summed E-state index contributed by atoms with van der Waals surface area (Å²) in [4.78, 5) is 32.5. The van der Waals surface area contributed by atoms with Crippen LogP contribution in [0.25, 0.3) is 5.69 Å². The molecular formula is C27H28N4O3. The van der Waals surface area contributed by atoms with Crippen molar-refractivity contribution in [3.63, 3.8) is 0 Å². The van der Waals surface area contributed by atoms with E-state index in [0.29, 0.717) is 34.9 Å². The molecule has 0 fully saturated rings. The number of carbonyl (C=O) groups is 2. The van der Waals surface area contributed by atoms with Crippen LogP contribution in [0.3, 0.4) is 0 Å². The molecule has 7 heteroatoms. The number of Topliss-reactive ketones (excluding diaryl/α,β-unsaturated/α-hetero) is 2. The van der Waals surface area contributed by atoms with E-state index in [1.54, 1.807) is 21.6 Å². The Morgan fingerprint density at radius 2 is 2.00 bits per heavy atom. The molecule has 2 aliphatic rings. The zero-order valence-electron chi connectivity index (χ0n) is 19.9. The molecule has 0 aliphatic carbocycles. The molecule has 0 atom stereocenters. The van der Waals surface area contributed by atoms with Gasteiger partial charge >= 0.3 is 0 Å². The monoisotopic (exact) mass is 456 g/mol. The molecule has 0 bridgehead atoms. The highest BCUT2D eigenvalue weighted by Crippen LogP contribution is 2.39. The number of aryl methyl sites for hydroxylation is 1. The molecular weight excluding hydrogens is 428 g/mol. The molecule has 174 valence electrons. The Morgan fingerprint density at radius 3 is 2.74 bits per heavy atom. The van der Waals surface area contributed by atoms with Crippen molar-refractivity contribution in [2.75, 3.05) is 13.2 Å². The summed E-state index contributed by atoms with van der Waals surface area (Å²) >= 11 is 0. The zero-order chi connectivity index (χ0) is 24.2. The summed E-state index contributed by atoms with van der Waals surface area (Å²) in [6.07, 6.45) is 2.63. The standard InChI is InChI=1S/C27H28N4O3/c1-5-18-9-8-16-13-30(26(28)24(16)29-18)14-22(32)17-11-19(27(2,3)4)25-21(12-17)31-10-6-7-20(31)23(33)15-34-25/h6-12,28H,5,13-15H2,1-4H3. The molecule has 3 aromatic rings. The zero-order valence-corrected chi connectivity index (χ0v) is 19.9. The second-order valence-corrected chi connectivity index (χ2v) is 9.89. The Bertz CT molecular complexity index is 1350. The number of nitrogens with zero attached hydrogens (tertiary/aromatic N) is 3. The van der Waals surface area contributed by atoms with Crippen LogP contribution in [0.5, 0.6) is 5.75 Å². The molecule has 0 unspecified atom stereocenters. The van der Waals surface area contributed by atoms with Gasteiger partial charge < -0.3 is 14.2 Å². The summed E-state index contributed by atoms with van der Waals surface area (Å²) in [5, 5.41) is 8.58. The first-order chi connectivity index (χ1) is 16.2. The van der Waals surface area contributed by atoms with Crippen LogP contribution in [-0.2, 0) is 18.4 Å². The third-order valence-electron chi connectivity index (χ3n) is 6.48. The molecule has 4 heterocycles. The molecule has 5 rings (SSSR count). The molecule has 0 saturated heterocycles. The second-order valence-electron chi connectivity index (χ2n) is 9.89. The normalized spacial score (nSPS) is 14.9. The van der Waals surface area contributed by atoms with E-state index in [-0.39, 0.29) is 36.0 Å². The van der Waals surface area contributed by atoms with Crippen LogP contribution < -0.4 is 4.74 Å². The number of ketones is 2. The van der Waals surface area contributed by atoms with Gasteiger partial charge in [-0.1, -0.05) is 33.8 Å². The molecule has 0 amide bonds. The lowest BCUT2D eigenvalue weighted by molar-refractivity contribution is 0.0918. The van der Waals surface area contributed by atoms with E-state index >= 15 is 0 Å². The minimum atomic E-state index is -0.307.